The maximum Gasteiger partial charge on any atom is 0.234 e. The van der Waals surface area contributed by atoms with Crippen LogP contribution in [0.15, 0.2) is 47.7 Å². The molecule has 0 saturated carbocycles. The predicted octanol–water partition coefficient (Wildman–Crippen LogP) is 1.59. The van der Waals surface area contributed by atoms with Crippen LogP contribution in [0.3, 0.4) is 0 Å². The molecule has 8 heteroatoms. The smallest absolute Gasteiger partial charge is 0.234 e. The van der Waals surface area contributed by atoms with E-state index in [0.29, 0.717) is 19.1 Å². The van der Waals surface area contributed by atoms with Gasteiger partial charge in [0, 0.05) is 51.7 Å². The first-order valence-corrected chi connectivity index (χ1v) is 11.2. The molecule has 1 aliphatic heterocycles. The Morgan fingerprint density at radius 2 is 1.97 bits per heavy atom. The van der Waals surface area contributed by atoms with Crippen LogP contribution in [0, 0.1) is 0 Å². The summed E-state index contributed by atoms with van der Waals surface area (Å²) in [6.45, 7) is 6.54. The number of hydrogen-bond acceptors (Lipinski definition) is 4. The van der Waals surface area contributed by atoms with Crippen LogP contribution in [0.2, 0.25) is 0 Å². The van der Waals surface area contributed by atoms with Crippen molar-refractivity contribution in [3.63, 3.8) is 0 Å². The third-order valence-electron chi connectivity index (χ3n) is 5.50. The largest absolute Gasteiger partial charge is 0.355 e. The second kappa shape index (κ2) is 12.1. The normalized spacial score (nSPS) is 15.6. The van der Waals surface area contributed by atoms with Crippen molar-refractivity contribution < 1.29 is 4.79 Å². The van der Waals surface area contributed by atoms with Gasteiger partial charge in [-0.3, -0.25) is 14.7 Å². The van der Waals surface area contributed by atoms with E-state index in [0.717, 1.165) is 57.2 Å². The Morgan fingerprint density at radius 3 is 2.68 bits per heavy atom. The fraction of sp³-hybridized carbons (Fsp3) is 0.522. The van der Waals surface area contributed by atoms with Crippen molar-refractivity contribution in [2.24, 2.45) is 4.99 Å². The lowest BCUT2D eigenvalue weighted by atomic mass is 10.1. The molecule has 1 aromatic carbocycles. The van der Waals surface area contributed by atoms with Crippen molar-refractivity contribution in [1.29, 1.82) is 0 Å². The minimum atomic E-state index is 0.122. The molecule has 0 bridgehead atoms. The topological polar surface area (TPSA) is 86.6 Å². The molecule has 3 rings (SSSR count). The van der Waals surface area contributed by atoms with Gasteiger partial charge < -0.3 is 20.5 Å². The zero-order chi connectivity index (χ0) is 21.9. The van der Waals surface area contributed by atoms with Crippen molar-refractivity contribution in [3.8, 4) is 0 Å². The Balaban J connectivity index is 1.42. The Labute approximate surface area is 185 Å². The van der Waals surface area contributed by atoms with Gasteiger partial charge in [-0.25, -0.2) is 4.98 Å². The Morgan fingerprint density at radius 1 is 1.19 bits per heavy atom. The maximum absolute atomic E-state index is 11.9. The number of carbonyl (C=O) groups is 1. The van der Waals surface area contributed by atoms with Gasteiger partial charge in [-0.15, -0.1) is 0 Å². The van der Waals surface area contributed by atoms with Crippen LogP contribution in [0.25, 0.3) is 0 Å². The minimum absolute atomic E-state index is 0.122. The molecular formula is C23H35N7O. The van der Waals surface area contributed by atoms with E-state index in [1.807, 2.05) is 18.5 Å². The highest BCUT2D eigenvalue weighted by atomic mass is 16.2. The van der Waals surface area contributed by atoms with E-state index in [1.54, 1.807) is 7.05 Å². The van der Waals surface area contributed by atoms with Gasteiger partial charge in [-0.2, -0.15) is 0 Å². The van der Waals surface area contributed by atoms with Crippen LogP contribution in [-0.2, 0) is 17.9 Å². The highest BCUT2D eigenvalue weighted by molar-refractivity contribution is 5.80. The predicted molar refractivity (Wildman–Crippen MR) is 124 cm³/mol. The second-order valence-corrected chi connectivity index (χ2v) is 7.93. The Bertz CT molecular complexity index is 825. The lowest BCUT2D eigenvalue weighted by Gasteiger charge is -2.32. The van der Waals surface area contributed by atoms with Gasteiger partial charge in [-0.05, 0) is 24.8 Å². The van der Waals surface area contributed by atoms with Crippen LogP contribution in [0.5, 0.6) is 0 Å². The minimum Gasteiger partial charge on any atom is -0.355 e. The molecule has 1 aromatic heterocycles. The first-order chi connectivity index (χ1) is 15.2. The number of carbonyl (C=O) groups excluding carboxylic acids is 1. The SMILES string of the molecule is CCCNC(=O)CN1CCC(NC(=NC)NCc2nccn2Cc2ccccc2)CC1. The summed E-state index contributed by atoms with van der Waals surface area (Å²) in [5.74, 6) is 1.88. The zero-order valence-electron chi connectivity index (χ0n) is 18.7. The molecule has 8 nitrogen and oxygen atoms in total. The van der Waals surface area contributed by atoms with Gasteiger partial charge in [0.2, 0.25) is 5.91 Å². The molecule has 2 aromatic rings. The lowest BCUT2D eigenvalue weighted by molar-refractivity contribution is -0.122. The average Bonchev–Trinajstić information content (AvgIpc) is 3.24. The quantitative estimate of drug-likeness (QED) is 0.420. The number of likely N-dealkylation sites (tertiary alicyclic amines) is 1. The molecule has 31 heavy (non-hydrogen) atoms. The highest BCUT2D eigenvalue weighted by Gasteiger charge is 2.21. The number of piperidine rings is 1. The summed E-state index contributed by atoms with van der Waals surface area (Å²) >= 11 is 0. The molecule has 2 heterocycles. The van der Waals surface area contributed by atoms with Crippen molar-refractivity contribution in [2.45, 2.75) is 45.3 Å². The summed E-state index contributed by atoms with van der Waals surface area (Å²) in [6.07, 6.45) is 6.79. The number of amides is 1. The number of nitrogens with one attached hydrogen (secondary N) is 3. The first kappa shape index (κ1) is 22.8. The summed E-state index contributed by atoms with van der Waals surface area (Å²) in [5.41, 5.74) is 1.25. The second-order valence-electron chi connectivity index (χ2n) is 7.93. The van der Waals surface area contributed by atoms with Gasteiger partial charge in [0.25, 0.3) is 0 Å². The molecule has 0 spiro atoms. The van der Waals surface area contributed by atoms with Gasteiger partial charge in [0.05, 0.1) is 13.1 Å². The number of hydrogen-bond donors (Lipinski definition) is 3. The van der Waals surface area contributed by atoms with E-state index < -0.39 is 0 Å². The molecule has 0 unspecified atom stereocenters. The fourth-order valence-corrected chi connectivity index (χ4v) is 3.74. The Kier molecular flexibility index (Phi) is 8.90. The molecule has 0 atom stereocenters. The summed E-state index contributed by atoms with van der Waals surface area (Å²) in [6, 6.07) is 10.7. The standard InChI is InChI=1S/C23H35N7O/c1-3-11-26-22(31)18-29-13-9-20(10-14-29)28-23(24-2)27-16-21-25-12-15-30(21)17-19-7-5-4-6-8-19/h4-8,12,15,20H,3,9-11,13-14,16-18H2,1-2H3,(H,26,31)(H2,24,27,28). The molecule has 168 valence electrons. The van der Waals surface area contributed by atoms with E-state index in [2.05, 4.69) is 66.6 Å². The van der Waals surface area contributed by atoms with E-state index >= 15 is 0 Å². The van der Waals surface area contributed by atoms with Crippen LogP contribution < -0.4 is 16.0 Å². The number of imidazole rings is 1. The molecule has 1 amide bonds. The van der Waals surface area contributed by atoms with E-state index in [4.69, 9.17) is 0 Å². The van der Waals surface area contributed by atoms with Crippen molar-refractivity contribution in [3.05, 3.63) is 54.1 Å². The summed E-state index contributed by atoms with van der Waals surface area (Å²) in [4.78, 5) is 23.0. The highest BCUT2D eigenvalue weighted by Crippen LogP contribution is 2.10. The van der Waals surface area contributed by atoms with E-state index in [1.165, 1.54) is 5.56 Å². The number of aromatic nitrogens is 2. The summed E-state index contributed by atoms with van der Waals surface area (Å²) < 4.78 is 2.15. The first-order valence-electron chi connectivity index (χ1n) is 11.2. The van der Waals surface area contributed by atoms with Crippen molar-refractivity contribution in [1.82, 2.24) is 30.4 Å². The monoisotopic (exact) mass is 425 g/mol. The lowest BCUT2D eigenvalue weighted by Crippen LogP contribution is -2.50. The molecule has 3 N–H and O–H groups in total. The Hall–Kier alpha value is -2.87. The van der Waals surface area contributed by atoms with Crippen LogP contribution in [0.4, 0.5) is 0 Å². The molecule has 1 saturated heterocycles. The maximum atomic E-state index is 11.9. The number of guanidine groups is 1. The van der Waals surface area contributed by atoms with Gasteiger partial charge in [0.15, 0.2) is 5.96 Å². The van der Waals surface area contributed by atoms with Gasteiger partial charge >= 0.3 is 0 Å². The number of nitrogens with zero attached hydrogens (tertiary/aromatic N) is 4. The zero-order valence-corrected chi connectivity index (χ0v) is 18.7. The molecule has 0 aliphatic carbocycles. The third-order valence-corrected chi connectivity index (χ3v) is 5.50. The van der Waals surface area contributed by atoms with Crippen LogP contribution in [-0.4, -0.2) is 65.6 Å². The van der Waals surface area contributed by atoms with Gasteiger partial charge in [0.1, 0.15) is 5.82 Å². The molecule has 0 radical (unpaired) electrons. The summed E-state index contributed by atoms with van der Waals surface area (Å²) in [7, 11) is 1.79. The van der Waals surface area contributed by atoms with Crippen LogP contribution in [0.1, 0.15) is 37.6 Å². The average molecular weight is 426 g/mol. The molecule has 1 fully saturated rings. The number of rotatable bonds is 9. The third kappa shape index (κ3) is 7.40. The van der Waals surface area contributed by atoms with Crippen molar-refractivity contribution >= 4 is 11.9 Å². The van der Waals surface area contributed by atoms with Crippen molar-refractivity contribution in [2.75, 3.05) is 33.2 Å². The van der Waals surface area contributed by atoms with E-state index in [-0.39, 0.29) is 5.91 Å². The fourth-order valence-electron chi connectivity index (χ4n) is 3.74. The number of benzene rings is 1. The molecular weight excluding hydrogens is 390 g/mol. The van der Waals surface area contributed by atoms with Crippen LogP contribution >= 0.6 is 0 Å². The number of aliphatic imine (C=N–C) groups is 1. The van der Waals surface area contributed by atoms with E-state index in [9.17, 15) is 4.79 Å². The van der Waals surface area contributed by atoms with Gasteiger partial charge in [-0.1, -0.05) is 37.3 Å². The summed E-state index contributed by atoms with van der Waals surface area (Å²) in [5, 5.41) is 9.86. The molecule has 1 aliphatic rings.